The van der Waals surface area contributed by atoms with Crippen LogP contribution < -0.4 is 5.32 Å². The summed E-state index contributed by atoms with van der Waals surface area (Å²) in [7, 11) is 0. The van der Waals surface area contributed by atoms with E-state index in [0.717, 1.165) is 38.3 Å². The Morgan fingerprint density at radius 1 is 1.28 bits per heavy atom. The molecule has 5 nitrogen and oxygen atoms in total. The molecule has 3 heterocycles. The molecule has 0 bridgehead atoms. The Morgan fingerprint density at radius 2 is 2.22 bits per heavy atom. The van der Waals surface area contributed by atoms with E-state index in [4.69, 9.17) is 9.26 Å². The lowest BCUT2D eigenvalue weighted by Gasteiger charge is -2.30. The van der Waals surface area contributed by atoms with E-state index in [1.807, 2.05) is 0 Å². The Labute approximate surface area is 107 Å². The van der Waals surface area contributed by atoms with E-state index in [-0.39, 0.29) is 11.6 Å². The van der Waals surface area contributed by atoms with Crippen LogP contribution in [0.1, 0.15) is 63.2 Å². The van der Waals surface area contributed by atoms with E-state index in [1.165, 1.54) is 19.3 Å². The van der Waals surface area contributed by atoms with Crippen LogP contribution in [0.4, 0.5) is 0 Å². The first-order valence-electron chi connectivity index (χ1n) is 6.99. The fourth-order valence-corrected chi connectivity index (χ4v) is 2.76. The fraction of sp³-hybridized carbons (Fsp3) is 0.846. The van der Waals surface area contributed by atoms with Crippen LogP contribution in [-0.4, -0.2) is 23.3 Å². The number of nitrogens with one attached hydrogen (secondary N) is 1. The van der Waals surface area contributed by atoms with Gasteiger partial charge in [-0.1, -0.05) is 11.6 Å². The SMILES string of the molecule is CC1(c2noc([C@H]3CCCCN3)n2)CCCCO1. The van der Waals surface area contributed by atoms with Gasteiger partial charge in [-0.2, -0.15) is 4.98 Å². The predicted molar refractivity (Wildman–Crippen MR) is 66.0 cm³/mol. The molecule has 100 valence electrons. The number of aromatic nitrogens is 2. The molecule has 0 aliphatic carbocycles. The zero-order valence-electron chi connectivity index (χ0n) is 10.9. The fourth-order valence-electron chi connectivity index (χ4n) is 2.76. The number of rotatable bonds is 2. The summed E-state index contributed by atoms with van der Waals surface area (Å²) in [4.78, 5) is 4.56. The van der Waals surface area contributed by atoms with Gasteiger partial charge in [-0.25, -0.2) is 0 Å². The van der Waals surface area contributed by atoms with Gasteiger partial charge in [-0.15, -0.1) is 0 Å². The molecule has 1 N–H and O–H groups in total. The molecule has 0 radical (unpaired) electrons. The molecular weight excluding hydrogens is 230 g/mol. The van der Waals surface area contributed by atoms with Crippen LogP contribution in [0.15, 0.2) is 4.52 Å². The normalized spacial score (nSPS) is 33.5. The summed E-state index contributed by atoms with van der Waals surface area (Å²) < 4.78 is 11.3. The van der Waals surface area contributed by atoms with E-state index in [1.54, 1.807) is 0 Å². The average molecular weight is 251 g/mol. The lowest BCUT2D eigenvalue weighted by molar-refractivity contribution is -0.0770. The summed E-state index contributed by atoms with van der Waals surface area (Å²) >= 11 is 0. The first kappa shape index (κ1) is 12.1. The van der Waals surface area contributed by atoms with Crippen LogP contribution in [0.2, 0.25) is 0 Å². The highest BCUT2D eigenvalue weighted by molar-refractivity contribution is 5.03. The van der Waals surface area contributed by atoms with Crippen molar-refractivity contribution in [2.24, 2.45) is 0 Å². The second-order valence-corrected chi connectivity index (χ2v) is 5.50. The molecule has 0 amide bonds. The van der Waals surface area contributed by atoms with Crippen molar-refractivity contribution in [2.75, 3.05) is 13.2 Å². The first-order valence-corrected chi connectivity index (χ1v) is 6.99. The molecule has 2 saturated heterocycles. The molecule has 0 aromatic carbocycles. The smallest absolute Gasteiger partial charge is 0.243 e. The van der Waals surface area contributed by atoms with Crippen LogP contribution in [-0.2, 0) is 10.3 Å². The van der Waals surface area contributed by atoms with E-state index < -0.39 is 0 Å². The minimum atomic E-state index is -0.353. The molecule has 0 saturated carbocycles. The second-order valence-electron chi connectivity index (χ2n) is 5.50. The van der Waals surface area contributed by atoms with Crippen LogP contribution in [0.3, 0.4) is 0 Å². The van der Waals surface area contributed by atoms with Gasteiger partial charge in [-0.3, -0.25) is 0 Å². The number of hydrogen-bond acceptors (Lipinski definition) is 5. The average Bonchev–Trinajstić information content (AvgIpc) is 2.91. The maximum absolute atomic E-state index is 5.85. The lowest BCUT2D eigenvalue weighted by Crippen LogP contribution is -2.32. The van der Waals surface area contributed by atoms with Crippen LogP contribution >= 0.6 is 0 Å². The predicted octanol–water partition coefficient (Wildman–Crippen LogP) is 2.30. The Balaban J connectivity index is 1.75. The van der Waals surface area contributed by atoms with Crippen molar-refractivity contribution >= 4 is 0 Å². The first-order chi connectivity index (χ1) is 8.78. The van der Waals surface area contributed by atoms with Gasteiger partial charge in [0.25, 0.3) is 0 Å². The Morgan fingerprint density at radius 3 is 2.94 bits per heavy atom. The van der Waals surface area contributed by atoms with E-state index >= 15 is 0 Å². The summed E-state index contributed by atoms with van der Waals surface area (Å²) in [5.41, 5.74) is -0.353. The molecule has 1 unspecified atom stereocenters. The molecule has 0 spiro atoms. The summed E-state index contributed by atoms with van der Waals surface area (Å²) in [5, 5.41) is 7.56. The zero-order chi connectivity index (χ0) is 12.4. The van der Waals surface area contributed by atoms with Crippen molar-refractivity contribution in [3.63, 3.8) is 0 Å². The van der Waals surface area contributed by atoms with Crippen molar-refractivity contribution in [3.8, 4) is 0 Å². The maximum atomic E-state index is 5.85. The molecule has 3 rings (SSSR count). The molecule has 2 fully saturated rings. The number of hydrogen-bond donors (Lipinski definition) is 1. The minimum Gasteiger partial charge on any atom is -0.367 e. The summed E-state index contributed by atoms with van der Waals surface area (Å²) in [5.74, 6) is 1.43. The number of nitrogens with zero attached hydrogens (tertiary/aromatic N) is 2. The zero-order valence-corrected chi connectivity index (χ0v) is 10.9. The molecule has 1 aromatic heterocycles. The molecule has 5 heteroatoms. The van der Waals surface area contributed by atoms with Crippen molar-refractivity contribution in [2.45, 2.75) is 57.1 Å². The highest BCUT2D eigenvalue weighted by atomic mass is 16.5. The van der Waals surface area contributed by atoms with Gasteiger partial charge >= 0.3 is 0 Å². The Kier molecular flexibility index (Phi) is 3.35. The maximum Gasteiger partial charge on any atom is 0.243 e. The topological polar surface area (TPSA) is 60.2 Å². The van der Waals surface area contributed by atoms with Crippen molar-refractivity contribution in [3.05, 3.63) is 11.7 Å². The Bertz CT molecular complexity index is 393. The van der Waals surface area contributed by atoms with Crippen molar-refractivity contribution < 1.29 is 9.26 Å². The molecule has 18 heavy (non-hydrogen) atoms. The van der Waals surface area contributed by atoms with Crippen molar-refractivity contribution in [1.29, 1.82) is 0 Å². The third-order valence-corrected chi connectivity index (χ3v) is 3.99. The van der Waals surface area contributed by atoms with Gasteiger partial charge < -0.3 is 14.6 Å². The second kappa shape index (κ2) is 4.97. The summed E-state index contributed by atoms with van der Waals surface area (Å²) in [6.45, 7) is 3.90. The lowest BCUT2D eigenvalue weighted by atomic mass is 9.95. The molecule has 2 aliphatic rings. The highest BCUT2D eigenvalue weighted by Gasteiger charge is 2.35. The van der Waals surface area contributed by atoms with E-state index in [2.05, 4.69) is 22.4 Å². The van der Waals surface area contributed by atoms with Gasteiger partial charge in [-0.05, 0) is 45.6 Å². The number of piperidine rings is 1. The quantitative estimate of drug-likeness (QED) is 0.874. The standard InChI is InChI=1S/C13H21N3O2/c1-13(7-3-5-9-17-13)12-15-11(18-16-12)10-6-2-4-8-14-10/h10,14H,2-9H2,1H3/t10-,13?/m1/s1. The van der Waals surface area contributed by atoms with Crippen LogP contribution in [0, 0.1) is 0 Å². The van der Waals surface area contributed by atoms with Crippen LogP contribution in [0.25, 0.3) is 0 Å². The summed E-state index contributed by atoms with van der Waals surface area (Å²) in [6, 6.07) is 0.229. The van der Waals surface area contributed by atoms with E-state index in [9.17, 15) is 0 Å². The van der Waals surface area contributed by atoms with Gasteiger partial charge in [0.2, 0.25) is 11.7 Å². The van der Waals surface area contributed by atoms with E-state index in [0.29, 0.717) is 5.82 Å². The van der Waals surface area contributed by atoms with Crippen LogP contribution in [0.5, 0.6) is 0 Å². The summed E-state index contributed by atoms with van der Waals surface area (Å²) in [6.07, 6.45) is 6.82. The molecule has 2 atom stereocenters. The molecule has 1 aromatic rings. The van der Waals surface area contributed by atoms with Gasteiger partial charge in [0, 0.05) is 6.61 Å². The third kappa shape index (κ3) is 2.29. The Hall–Kier alpha value is -0.940. The van der Waals surface area contributed by atoms with Gasteiger partial charge in [0.1, 0.15) is 5.60 Å². The highest BCUT2D eigenvalue weighted by Crippen LogP contribution is 2.33. The van der Waals surface area contributed by atoms with Gasteiger partial charge in [0.05, 0.1) is 6.04 Å². The number of ether oxygens (including phenoxy) is 1. The monoisotopic (exact) mass is 251 g/mol. The minimum absolute atomic E-state index is 0.229. The van der Waals surface area contributed by atoms with Crippen molar-refractivity contribution in [1.82, 2.24) is 15.5 Å². The molecular formula is C13H21N3O2. The van der Waals surface area contributed by atoms with Gasteiger partial charge in [0.15, 0.2) is 0 Å². The molecule has 2 aliphatic heterocycles. The largest absolute Gasteiger partial charge is 0.367 e. The third-order valence-electron chi connectivity index (χ3n) is 3.99.